The number of aryl methyl sites for hydroxylation is 3. The number of rotatable bonds is 3. The maximum absolute atomic E-state index is 6.05. The van der Waals surface area contributed by atoms with E-state index >= 15 is 0 Å². The van der Waals surface area contributed by atoms with Crippen LogP contribution in [-0.4, -0.2) is 0 Å². The summed E-state index contributed by atoms with van der Waals surface area (Å²) in [5.74, 6) is 1.71. The Bertz CT molecular complexity index is 585. The molecule has 100 valence electrons. The van der Waals surface area contributed by atoms with Crippen LogP contribution in [0.4, 0.5) is 0 Å². The first-order valence-electron chi connectivity index (χ1n) is 6.25. The van der Waals surface area contributed by atoms with Gasteiger partial charge in [0.1, 0.15) is 11.5 Å². The van der Waals surface area contributed by atoms with Gasteiger partial charge in [0, 0.05) is 11.6 Å². The third-order valence-electron chi connectivity index (χ3n) is 3.13. The molecule has 0 spiro atoms. The lowest BCUT2D eigenvalue weighted by Gasteiger charge is -2.15. The Labute approximate surface area is 119 Å². The lowest BCUT2D eigenvalue weighted by Crippen LogP contribution is -1.98. The van der Waals surface area contributed by atoms with Gasteiger partial charge in [0.2, 0.25) is 0 Å². The Morgan fingerprint density at radius 2 is 1.63 bits per heavy atom. The molecular formula is C16H18ClNO. The fourth-order valence-electron chi connectivity index (χ4n) is 2.05. The van der Waals surface area contributed by atoms with Crippen molar-refractivity contribution in [2.45, 2.75) is 27.3 Å². The van der Waals surface area contributed by atoms with Gasteiger partial charge in [-0.3, -0.25) is 0 Å². The third kappa shape index (κ3) is 3.09. The van der Waals surface area contributed by atoms with Crippen molar-refractivity contribution in [1.29, 1.82) is 0 Å². The standard InChI is InChI=1S/C16H18ClNO/c1-10-4-5-13(9-18)8-15(10)19-16-11(2)6-14(17)7-12(16)3/h4-8H,9,18H2,1-3H3. The molecule has 0 heterocycles. The fourth-order valence-corrected chi connectivity index (χ4v) is 2.38. The number of hydrogen-bond donors (Lipinski definition) is 1. The summed E-state index contributed by atoms with van der Waals surface area (Å²) in [6.45, 7) is 6.53. The van der Waals surface area contributed by atoms with Crippen molar-refractivity contribution in [2.24, 2.45) is 5.73 Å². The Morgan fingerprint density at radius 1 is 1.00 bits per heavy atom. The van der Waals surface area contributed by atoms with Gasteiger partial charge in [0.25, 0.3) is 0 Å². The van der Waals surface area contributed by atoms with E-state index in [9.17, 15) is 0 Å². The molecule has 2 rings (SSSR count). The maximum atomic E-state index is 6.05. The van der Waals surface area contributed by atoms with E-state index in [1.165, 1.54) is 0 Å². The van der Waals surface area contributed by atoms with Crippen LogP contribution >= 0.6 is 11.6 Å². The zero-order valence-electron chi connectivity index (χ0n) is 11.5. The summed E-state index contributed by atoms with van der Waals surface area (Å²) < 4.78 is 6.05. The number of benzene rings is 2. The molecule has 2 N–H and O–H groups in total. The largest absolute Gasteiger partial charge is 0.457 e. The molecule has 2 aromatic rings. The van der Waals surface area contributed by atoms with E-state index in [0.29, 0.717) is 6.54 Å². The van der Waals surface area contributed by atoms with Crippen molar-refractivity contribution in [3.05, 3.63) is 57.6 Å². The lowest BCUT2D eigenvalue weighted by molar-refractivity contribution is 0.471. The van der Waals surface area contributed by atoms with Gasteiger partial charge in [-0.15, -0.1) is 0 Å². The minimum Gasteiger partial charge on any atom is -0.457 e. The van der Waals surface area contributed by atoms with E-state index in [2.05, 4.69) is 0 Å². The highest BCUT2D eigenvalue weighted by Gasteiger charge is 2.09. The van der Waals surface area contributed by atoms with Crippen LogP contribution in [0.2, 0.25) is 5.02 Å². The third-order valence-corrected chi connectivity index (χ3v) is 3.34. The molecule has 0 radical (unpaired) electrons. The molecule has 0 aromatic heterocycles. The Hall–Kier alpha value is -1.51. The number of hydrogen-bond acceptors (Lipinski definition) is 2. The van der Waals surface area contributed by atoms with Crippen LogP contribution < -0.4 is 10.5 Å². The molecule has 0 amide bonds. The molecule has 0 saturated carbocycles. The van der Waals surface area contributed by atoms with Gasteiger partial charge >= 0.3 is 0 Å². The summed E-state index contributed by atoms with van der Waals surface area (Å²) in [5, 5.41) is 0.731. The van der Waals surface area contributed by atoms with E-state index in [0.717, 1.165) is 38.8 Å². The van der Waals surface area contributed by atoms with Crippen molar-refractivity contribution in [3.8, 4) is 11.5 Å². The Morgan fingerprint density at radius 3 is 2.21 bits per heavy atom. The highest BCUT2D eigenvalue weighted by Crippen LogP contribution is 2.33. The molecule has 0 bridgehead atoms. The zero-order chi connectivity index (χ0) is 14.0. The van der Waals surface area contributed by atoms with Crippen molar-refractivity contribution in [3.63, 3.8) is 0 Å². The number of nitrogens with two attached hydrogens (primary N) is 1. The topological polar surface area (TPSA) is 35.2 Å². The first-order chi connectivity index (χ1) is 9.01. The predicted molar refractivity (Wildman–Crippen MR) is 80.1 cm³/mol. The van der Waals surface area contributed by atoms with E-state index < -0.39 is 0 Å². The summed E-state index contributed by atoms with van der Waals surface area (Å²) in [4.78, 5) is 0. The van der Waals surface area contributed by atoms with E-state index in [1.54, 1.807) is 0 Å². The highest BCUT2D eigenvalue weighted by molar-refractivity contribution is 6.30. The first-order valence-corrected chi connectivity index (χ1v) is 6.63. The monoisotopic (exact) mass is 275 g/mol. The minimum atomic E-state index is 0.509. The quantitative estimate of drug-likeness (QED) is 0.894. The summed E-state index contributed by atoms with van der Waals surface area (Å²) >= 11 is 6.03. The van der Waals surface area contributed by atoms with Crippen molar-refractivity contribution >= 4 is 11.6 Å². The number of ether oxygens (including phenoxy) is 1. The number of halogens is 1. The molecule has 0 aliphatic carbocycles. The van der Waals surface area contributed by atoms with E-state index in [-0.39, 0.29) is 0 Å². The summed E-state index contributed by atoms with van der Waals surface area (Å²) in [6, 6.07) is 9.85. The van der Waals surface area contributed by atoms with Crippen LogP contribution in [0.15, 0.2) is 30.3 Å². The molecule has 0 saturated heterocycles. The molecule has 0 unspecified atom stereocenters. The van der Waals surface area contributed by atoms with Crippen LogP contribution in [-0.2, 0) is 6.54 Å². The van der Waals surface area contributed by atoms with Gasteiger partial charge in [0.05, 0.1) is 0 Å². The second kappa shape index (κ2) is 5.64. The van der Waals surface area contributed by atoms with Crippen LogP contribution in [0.3, 0.4) is 0 Å². The molecule has 0 aliphatic rings. The van der Waals surface area contributed by atoms with Crippen molar-refractivity contribution < 1.29 is 4.74 Å². The van der Waals surface area contributed by atoms with Gasteiger partial charge < -0.3 is 10.5 Å². The van der Waals surface area contributed by atoms with Crippen LogP contribution in [0.1, 0.15) is 22.3 Å². The van der Waals surface area contributed by atoms with Gasteiger partial charge in [0.15, 0.2) is 0 Å². The van der Waals surface area contributed by atoms with E-state index in [4.69, 9.17) is 22.1 Å². The maximum Gasteiger partial charge on any atom is 0.133 e. The summed E-state index contributed by atoms with van der Waals surface area (Å²) in [5.41, 5.74) is 9.88. The lowest BCUT2D eigenvalue weighted by atomic mass is 10.1. The normalized spacial score (nSPS) is 10.6. The molecule has 19 heavy (non-hydrogen) atoms. The fraction of sp³-hybridized carbons (Fsp3) is 0.250. The molecule has 3 heteroatoms. The Kier molecular flexibility index (Phi) is 4.13. The average Bonchev–Trinajstić information content (AvgIpc) is 2.35. The van der Waals surface area contributed by atoms with Crippen LogP contribution in [0.5, 0.6) is 11.5 Å². The van der Waals surface area contributed by atoms with Crippen molar-refractivity contribution in [2.75, 3.05) is 0 Å². The molecule has 0 atom stereocenters. The molecule has 0 aliphatic heterocycles. The Balaban J connectivity index is 2.41. The second-order valence-corrected chi connectivity index (χ2v) is 5.21. The predicted octanol–water partition coefficient (Wildman–Crippen LogP) is 4.52. The average molecular weight is 276 g/mol. The van der Waals surface area contributed by atoms with Crippen LogP contribution in [0.25, 0.3) is 0 Å². The van der Waals surface area contributed by atoms with Crippen LogP contribution in [0, 0.1) is 20.8 Å². The summed E-state index contributed by atoms with van der Waals surface area (Å²) in [7, 11) is 0. The smallest absolute Gasteiger partial charge is 0.133 e. The first kappa shape index (κ1) is 13.9. The zero-order valence-corrected chi connectivity index (χ0v) is 12.2. The summed E-state index contributed by atoms with van der Waals surface area (Å²) in [6.07, 6.45) is 0. The van der Waals surface area contributed by atoms with Crippen molar-refractivity contribution in [1.82, 2.24) is 0 Å². The van der Waals surface area contributed by atoms with Gasteiger partial charge in [-0.05, 0) is 61.2 Å². The molecule has 0 fully saturated rings. The second-order valence-electron chi connectivity index (χ2n) is 4.77. The highest BCUT2D eigenvalue weighted by atomic mass is 35.5. The molecule has 2 nitrogen and oxygen atoms in total. The van der Waals surface area contributed by atoms with E-state index in [1.807, 2.05) is 51.1 Å². The van der Waals surface area contributed by atoms with Gasteiger partial charge in [-0.1, -0.05) is 23.7 Å². The van der Waals surface area contributed by atoms with Gasteiger partial charge in [-0.2, -0.15) is 0 Å². The molecule has 2 aromatic carbocycles. The van der Waals surface area contributed by atoms with Gasteiger partial charge in [-0.25, -0.2) is 0 Å². The SMILES string of the molecule is Cc1ccc(CN)cc1Oc1c(C)cc(Cl)cc1C. The minimum absolute atomic E-state index is 0.509. The molecular weight excluding hydrogens is 258 g/mol.